The zero-order chi connectivity index (χ0) is 26.2. The van der Waals surface area contributed by atoms with Gasteiger partial charge in [-0.15, -0.1) is 0 Å². The van der Waals surface area contributed by atoms with Crippen LogP contribution in [0.3, 0.4) is 0 Å². The molecule has 4 rings (SSSR count). The van der Waals surface area contributed by atoms with Gasteiger partial charge < -0.3 is 14.5 Å². The fraction of sp³-hybridized carbons (Fsp3) is 0.333. The van der Waals surface area contributed by atoms with E-state index >= 15 is 0 Å². The van der Waals surface area contributed by atoms with Crippen LogP contribution in [0.15, 0.2) is 72.8 Å². The maximum absolute atomic E-state index is 14.6. The van der Waals surface area contributed by atoms with E-state index in [2.05, 4.69) is 0 Å². The maximum atomic E-state index is 14.6. The van der Waals surface area contributed by atoms with E-state index in [4.69, 9.17) is 16.3 Å². The van der Waals surface area contributed by atoms with Gasteiger partial charge in [-0.2, -0.15) is 0 Å². The fourth-order valence-electron chi connectivity index (χ4n) is 4.68. The fourth-order valence-corrected chi connectivity index (χ4v) is 4.91. The van der Waals surface area contributed by atoms with Crippen molar-refractivity contribution in [3.05, 3.63) is 100 Å². The zero-order valence-electron chi connectivity index (χ0n) is 21.0. The monoisotopic (exact) mass is 522 g/mol. The van der Waals surface area contributed by atoms with Crippen LogP contribution in [0.2, 0.25) is 5.02 Å². The number of hydrogen-bond donors (Lipinski definition) is 0. The molecule has 1 heterocycles. The largest absolute Gasteiger partial charge is 0.491 e. The predicted molar refractivity (Wildman–Crippen MR) is 144 cm³/mol. The van der Waals surface area contributed by atoms with Gasteiger partial charge in [-0.1, -0.05) is 60.1 Å². The summed E-state index contributed by atoms with van der Waals surface area (Å²) in [6, 6.07) is 21.3. The molecule has 0 fully saturated rings. The molecule has 0 unspecified atom stereocenters. The molecule has 194 valence electrons. The third-order valence-corrected chi connectivity index (χ3v) is 7.11. The molecule has 5 nitrogen and oxygen atoms in total. The number of nitrogens with zero attached hydrogens (tertiary/aromatic N) is 2. The van der Waals surface area contributed by atoms with Gasteiger partial charge in [-0.3, -0.25) is 9.59 Å². The van der Waals surface area contributed by atoms with Crippen molar-refractivity contribution < 1.29 is 18.7 Å². The number of carbonyl (C=O) groups is 2. The van der Waals surface area contributed by atoms with Gasteiger partial charge in [0.05, 0.1) is 18.0 Å². The molecule has 0 saturated carbocycles. The van der Waals surface area contributed by atoms with E-state index in [9.17, 15) is 14.0 Å². The molecule has 7 heteroatoms. The normalized spacial score (nSPS) is 17.2. The van der Waals surface area contributed by atoms with E-state index in [1.54, 1.807) is 30.1 Å². The molecule has 0 saturated heterocycles. The number of rotatable bonds is 4. The van der Waals surface area contributed by atoms with Crippen LogP contribution in [-0.2, 0) is 17.6 Å². The molecular weight excluding hydrogens is 491 g/mol. The predicted octanol–water partition coefficient (Wildman–Crippen LogP) is 5.80. The highest BCUT2D eigenvalue weighted by Crippen LogP contribution is 2.24. The molecule has 0 N–H and O–H groups in total. The van der Waals surface area contributed by atoms with Crippen LogP contribution in [0, 0.1) is 5.82 Å². The van der Waals surface area contributed by atoms with Gasteiger partial charge in [-0.25, -0.2) is 4.39 Å². The third-order valence-electron chi connectivity index (χ3n) is 6.75. The van der Waals surface area contributed by atoms with Crippen LogP contribution in [0.4, 0.5) is 4.39 Å². The summed E-state index contributed by atoms with van der Waals surface area (Å²) in [5.74, 6) is -0.288. The summed E-state index contributed by atoms with van der Waals surface area (Å²) in [6.45, 7) is 1.31. The highest BCUT2D eigenvalue weighted by molar-refractivity contribution is 6.31. The Morgan fingerprint density at radius 2 is 1.70 bits per heavy atom. The quantitative estimate of drug-likeness (QED) is 0.435. The first kappa shape index (κ1) is 26.7. The van der Waals surface area contributed by atoms with Crippen molar-refractivity contribution in [2.24, 2.45) is 0 Å². The molecule has 0 radical (unpaired) electrons. The van der Waals surface area contributed by atoms with Crippen LogP contribution in [-0.4, -0.2) is 54.4 Å². The average Bonchev–Trinajstić information content (AvgIpc) is 2.91. The van der Waals surface area contributed by atoms with Gasteiger partial charge in [0.15, 0.2) is 0 Å². The molecule has 1 atom stereocenters. The first-order valence-electron chi connectivity index (χ1n) is 12.7. The molecule has 0 aromatic heterocycles. The van der Waals surface area contributed by atoms with Crippen molar-refractivity contribution in [1.82, 2.24) is 9.80 Å². The summed E-state index contributed by atoms with van der Waals surface area (Å²) in [5.41, 5.74) is 1.76. The summed E-state index contributed by atoms with van der Waals surface area (Å²) < 4.78 is 20.8. The average molecular weight is 523 g/mol. The molecule has 0 bridgehead atoms. The Labute approximate surface area is 222 Å². The molecule has 0 spiro atoms. The second-order valence-electron chi connectivity index (χ2n) is 9.40. The minimum atomic E-state index is -0.488. The number of hydrogen-bond acceptors (Lipinski definition) is 3. The van der Waals surface area contributed by atoms with Gasteiger partial charge >= 0.3 is 0 Å². The first-order valence-corrected chi connectivity index (χ1v) is 13.1. The smallest absolute Gasteiger partial charge is 0.257 e. The summed E-state index contributed by atoms with van der Waals surface area (Å²) >= 11 is 6.25. The summed E-state index contributed by atoms with van der Waals surface area (Å²) in [7, 11) is 1.80. The number of benzene rings is 3. The van der Waals surface area contributed by atoms with Crippen molar-refractivity contribution in [1.29, 1.82) is 0 Å². The Bertz CT molecular complexity index is 1200. The second-order valence-corrected chi connectivity index (χ2v) is 9.81. The Hall–Kier alpha value is -3.38. The first-order chi connectivity index (χ1) is 17.9. The van der Waals surface area contributed by atoms with Gasteiger partial charge in [0.25, 0.3) is 5.91 Å². The van der Waals surface area contributed by atoms with Gasteiger partial charge in [0.1, 0.15) is 18.2 Å². The molecule has 37 heavy (non-hydrogen) atoms. The number of para-hydroxylation sites is 1. The zero-order valence-corrected chi connectivity index (χ0v) is 21.8. The molecule has 1 aliphatic rings. The Balaban J connectivity index is 1.67. The molecule has 3 aromatic carbocycles. The lowest BCUT2D eigenvalue weighted by molar-refractivity contribution is -0.133. The molecule has 1 aliphatic heterocycles. The molecule has 0 aliphatic carbocycles. The second kappa shape index (κ2) is 12.7. The van der Waals surface area contributed by atoms with Crippen molar-refractivity contribution in [3.63, 3.8) is 0 Å². The maximum Gasteiger partial charge on any atom is 0.257 e. The topological polar surface area (TPSA) is 49.9 Å². The minimum absolute atomic E-state index is 0.0865. The van der Waals surface area contributed by atoms with Crippen molar-refractivity contribution >= 4 is 23.4 Å². The summed E-state index contributed by atoms with van der Waals surface area (Å²) in [5, 5.41) is 0.241. The lowest BCUT2D eigenvalue weighted by Crippen LogP contribution is -2.46. The van der Waals surface area contributed by atoms with Crippen LogP contribution in [0.25, 0.3) is 0 Å². The van der Waals surface area contributed by atoms with Gasteiger partial charge in [0.2, 0.25) is 5.91 Å². The number of halogens is 2. The van der Waals surface area contributed by atoms with Crippen LogP contribution >= 0.6 is 11.6 Å². The Kier molecular flexibility index (Phi) is 9.18. The number of fused-ring (bicyclic) bond motifs is 1. The number of carbonyl (C=O) groups excluding carboxylic acids is 2. The summed E-state index contributed by atoms with van der Waals surface area (Å²) in [6.07, 6.45) is 2.86. The highest BCUT2D eigenvalue weighted by atomic mass is 35.5. The van der Waals surface area contributed by atoms with Crippen LogP contribution < -0.4 is 4.74 Å². The van der Waals surface area contributed by atoms with Gasteiger partial charge in [0, 0.05) is 30.7 Å². The summed E-state index contributed by atoms with van der Waals surface area (Å²) in [4.78, 5) is 30.3. The Morgan fingerprint density at radius 1 is 0.973 bits per heavy atom. The van der Waals surface area contributed by atoms with Crippen molar-refractivity contribution in [2.45, 2.75) is 38.1 Å². The van der Waals surface area contributed by atoms with E-state index in [-0.39, 0.29) is 41.5 Å². The van der Waals surface area contributed by atoms with E-state index in [0.717, 1.165) is 24.8 Å². The lowest BCUT2D eigenvalue weighted by atomic mass is 10.0. The lowest BCUT2D eigenvalue weighted by Gasteiger charge is -2.32. The standard InChI is InChI=1S/C30H32ClFN2O3/c1-33-17-8-3-9-18-34(29(35)20-25-26(31)14-10-15-27(25)32)23(19-22-11-4-2-5-12-22)21-37-28-16-7-6-13-24(28)30(33)36/h2,4-7,10-16,23H,3,8-9,17-21H2,1H3/t23-/m0/s1. The highest BCUT2D eigenvalue weighted by Gasteiger charge is 2.27. The van der Waals surface area contributed by atoms with Gasteiger partial charge in [-0.05, 0) is 55.5 Å². The van der Waals surface area contributed by atoms with Crippen LogP contribution in [0.1, 0.15) is 40.7 Å². The van der Waals surface area contributed by atoms with Crippen LogP contribution in [0.5, 0.6) is 5.75 Å². The molecule has 2 amide bonds. The molecule has 3 aromatic rings. The number of amides is 2. The Morgan fingerprint density at radius 3 is 2.49 bits per heavy atom. The van der Waals surface area contributed by atoms with E-state index in [1.165, 1.54) is 12.1 Å². The molecular formula is C30H32ClFN2O3. The number of ether oxygens (including phenoxy) is 1. The SMILES string of the molecule is CN1CCCCCN(C(=O)Cc2c(F)cccc2Cl)[C@@H](Cc2ccccc2)COc2ccccc2C1=O. The van der Waals surface area contributed by atoms with Crippen molar-refractivity contribution in [3.8, 4) is 5.75 Å². The minimum Gasteiger partial charge on any atom is -0.491 e. The van der Waals surface area contributed by atoms with Crippen molar-refractivity contribution in [2.75, 3.05) is 26.7 Å². The van der Waals surface area contributed by atoms with E-state index in [0.29, 0.717) is 30.8 Å². The third kappa shape index (κ3) is 6.89. The van der Waals surface area contributed by atoms with E-state index < -0.39 is 5.82 Å². The van der Waals surface area contributed by atoms with E-state index in [1.807, 2.05) is 47.4 Å².